The molecule has 0 saturated heterocycles. The first-order chi connectivity index (χ1) is 12.0. The van der Waals surface area contributed by atoms with Gasteiger partial charge in [-0.3, -0.25) is 0 Å². The van der Waals surface area contributed by atoms with Crippen molar-refractivity contribution in [1.29, 1.82) is 0 Å². The van der Waals surface area contributed by atoms with E-state index < -0.39 is 0 Å². The molecular formula is C24H36Cl2PSiTi. The van der Waals surface area contributed by atoms with Crippen molar-refractivity contribution in [2.24, 2.45) is 0 Å². The maximum atomic E-state index is 2.24. The van der Waals surface area contributed by atoms with Crippen LogP contribution in [0.2, 0.25) is 13.1 Å². The molecule has 159 valence electrons. The van der Waals surface area contributed by atoms with Crippen molar-refractivity contribution in [2.75, 3.05) is 0 Å². The normalized spacial score (nSPS) is 8.21. The van der Waals surface area contributed by atoms with Crippen molar-refractivity contribution < 1.29 is 21.7 Å². The second kappa shape index (κ2) is 21.0. The SMILES string of the molecule is C[SiH]C.Cc1[cH-]c(C)c(C)c1C.Cl.Cl.[CH3-].[Ti+2].c1ccc(Pc2ccccc2)cc1. The van der Waals surface area contributed by atoms with Gasteiger partial charge >= 0.3 is 21.7 Å². The van der Waals surface area contributed by atoms with E-state index in [0.29, 0.717) is 0 Å². The van der Waals surface area contributed by atoms with Crippen LogP contribution in [0.15, 0.2) is 66.7 Å². The molecule has 3 aromatic rings. The molecule has 0 heterocycles. The molecule has 29 heavy (non-hydrogen) atoms. The third-order valence-electron chi connectivity index (χ3n) is 4.01. The average Bonchev–Trinajstić information content (AvgIpc) is 2.84. The Kier molecular flexibility index (Phi) is 26.1. The third-order valence-corrected chi connectivity index (χ3v) is 5.26. The van der Waals surface area contributed by atoms with Crippen molar-refractivity contribution in [1.82, 2.24) is 0 Å². The van der Waals surface area contributed by atoms with Crippen LogP contribution in [0, 0.1) is 35.1 Å². The van der Waals surface area contributed by atoms with E-state index >= 15 is 0 Å². The average molecular weight is 502 g/mol. The minimum absolute atomic E-state index is 0. The first kappa shape index (κ1) is 36.1. The van der Waals surface area contributed by atoms with E-state index in [2.05, 4.69) is 108 Å². The summed E-state index contributed by atoms with van der Waals surface area (Å²) < 4.78 is 0. The number of halogens is 2. The van der Waals surface area contributed by atoms with E-state index in [9.17, 15) is 0 Å². The fraction of sp³-hybridized carbons (Fsp3) is 0.250. The van der Waals surface area contributed by atoms with Crippen LogP contribution in [-0.4, -0.2) is 9.52 Å². The van der Waals surface area contributed by atoms with Gasteiger partial charge < -0.3 is 7.43 Å². The van der Waals surface area contributed by atoms with Gasteiger partial charge in [-0.2, -0.15) is 28.3 Å². The quantitative estimate of drug-likeness (QED) is 0.206. The minimum Gasteiger partial charge on any atom is -0.358 e. The Morgan fingerprint density at radius 3 is 1.14 bits per heavy atom. The van der Waals surface area contributed by atoms with E-state index in [0.717, 1.165) is 18.1 Å². The van der Waals surface area contributed by atoms with Crippen LogP contribution in [-0.2, 0) is 21.7 Å². The maximum absolute atomic E-state index is 2.24. The largest absolute Gasteiger partial charge is 2.00 e. The predicted molar refractivity (Wildman–Crippen MR) is 141 cm³/mol. The first-order valence-corrected chi connectivity index (χ1v) is 12.1. The monoisotopic (exact) mass is 501 g/mol. The second-order valence-corrected chi connectivity index (χ2v) is 8.75. The van der Waals surface area contributed by atoms with Gasteiger partial charge in [-0.15, -0.1) is 24.8 Å². The zero-order chi connectivity index (χ0) is 18.7. The van der Waals surface area contributed by atoms with Crippen molar-refractivity contribution in [3.63, 3.8) is 0 Å². The maximum Gasteiger partial charge on any atom is 2.00 e. The molecule has 0 fully saturated rings. The number of hydrogen-bond donors (Lipinski definition) is 0. The molecule has 0 N–H and O–H groups in total. The summed E-state index contributed by atoms with van der Waals surface area (Å²) in [5.41, 5.74) is 5.75. The summed E-state index contributed by atoms with van der Waals surface area (Å²) in [5.74, 6) is 0. The molecule has 1 radical (unpaired) electrons. The van der Waals surface area contributed by atoms with Gasteiger partial charge in [0, 0.05) is 9.52 Å². The number of aryl methyl sites for hydroxylation is 2. The molecule has 3 rings (SSSR count). The van der Waals surface area contributed by atoms with Crippen LogP contribution < -0.4 is 10.6 Å². The fourth-order valence-electron chi connectivity index (χ4n) is 2.34. The molecular weight excluding hydrogens is 466 g/mol. The fourth-order valence-corrected chi connectivity index (χ4v) is 3.39. The topological polar surface area (TPSA) is 0 Å². The smallest absolute Gasteiger partial charge is 0.358 e. The van der Waals surface area contributed by atoms with Gasteiger partial charge in [0.15, 0.2) is 0 Å². The van der Waals surface area contributed by atoms with Crippen LogP contribution >= 0.6 is 33.4 Å². The molecule has 0 nitrogen and oxygen atoms in total. The summed E-state index contributed by atoms with van der Waals surface area (Å²) in [6, 6.07) is 23.4. The van der Waals surface area contributed by atoms with Crippen molar-refractivity contribution in [3.05, 3.63) is 96.4 Å². The first-order valence-electron chi connectivity index (χ1n) is 8.80. The zero-order valence-electron chi connectivity index (χ0n) is 18.7. The Bertz CT molecular complexity index is 671. The minimum atomic E-state index is 0. The van der Waals surface area contributed by atoms with E-state index in [-0.39, 0.29) is 54.0 Å². The molecule has 0 aliphatic heterocycles. The van der Waals surface area contributed by atoms with Gasteiger partial charge in [0.05, 0.1) is 0 Å². The summed E-state index contributed by atoms with van der Waals surface area (Å²) in [6.45, 7) is 13.1. The molecule has 5 heteroatoms. The summed E-state index contributed by atoms with van der Waals surface area (Å²) in [4.78, 5) is 0. The molecule has 0 bridgehead atoms. The van der Waals surface area contributed by atoms with Gasteiger partial charge in [-0.25, -0.2) is 0 Å². The number of hydrogen-bond acceptors (Lipinski definition) is 0. The Hall–Kier alpha value is -0.269. The molecule has 0 unspecified atom stereocenters. The van der Waals surface area contributed by atoms with Gasteiger partial charge in [0.2, 0.25) is 0 Å². The van der Waals surface area contributed by atoms with Crippen molar-refractivity contribution in [3.8, 4) is 0 Å². The number of rotatable bonds is 2. The third kappa shape index (κ3) is 14.4. The molecule has 0 atom stereocenters. The van der Waals surface area contributed by atoms with Crippen molar-refractivity contribution in [2.45, 2.75) is 40.8 Å². The standard InChI is InChI=1S/C12H11P.C9H13.C2H7Si.CH3.2ClH.Ti/c1-3-7-11(8-4-1)13-12-9-5-2-6-10-12;1-6-5-7(2)9(4)8(6)3;1-3-2;;;;/h1-10,13H;5H,1-4H3;3H,1-2H3;1H3;2*1H;/q;-1;;-1;;;+2. The van der Waals surface area contributed by atoms with E-state index in [1.165, 1.54) is 32.9 Å². The van der Waals surface area contributed by atoms with Crippen LogP contribution in [0.1, 0.15) is 22.3 Å². The molecule has 3 aromatic carbocycles. The van der Waals surface area contributed by atoms with Crippen LogP contribution in [0.5, 0.6) is 0 Å². The molecule has 0 aliphatic rings. The Morgan fingerprint density at radius 2 is 0.931 bits per heavy atom. The number of benzene rings is 2. The second-order valence-electron chi connectivity index (χ2n) is 6.19. The zero-order valence-corrected chi connectivity index (χ0v) is 24.1. The van der Waals surface area contributed by atoms with E-state index in [1.807, 2.05) is 0 Å². The predicted octanol–water partition coefficient (Wildman–Crippen LogP) is 6.77. The molecule has 0 saturated carbocycles. The van der Waals surface area contributed by atoms with Crippen LogP contribution in [0.25, 0.3) is 0 Å². The Labute approximate surface area is 211 Å². The van der Waals surface area contributed by atoms with Gasteiger partial charge in [-0.05, 0) is 10.6 Å². The van der Waals surface area contributed by atoms with Crippen LogP contribution in [0.4, 0.5) is 0 Å². The molecule has 0 aromatic heterocycles. The summed E-state index contributed by atoms with van der Waals surface area (Å²) in [5, 5.41) is 2.79. The van der Waals surface area contributed by atoms with Gasteiger partial charge in [0.1, 0.15) is 0 Å². The molecule has 0 aliphatic carbocycles. The van der Waals surface area contributed by atoms with E-state index in [1.54, 1.807) is 0 Å². The summed E-state index contributed by atoms with van der Waals surface area (Å²) in [7, 11) is 1.53. The molecule has 0 amide bonds. The molecule has 0 spiro atoms. The summed E-state index contributed by atoms with van der Waals surface area (Å²) >= 11 is 0. The van der Waals surface area contributed by atoms with Crippen molar-refractivity contribution >= 4 is 53.5 Å². The van der Waals surface area contributed by atoms with Crippen LogP contribution in [0.3, 0.4) is 0 Å². The Balaban J connectivity index is -0.000000175. The Morgan fingerprint density at radius 1 is 0.655 bits per heavy atom. The van der Waals surface area contributed by atoms with Gasteiger partial charge in [-0.1, -0.05) is 110 Å². The van der Waals surface area contributed by atoms with Gasteiger partial charge in [0.25, 0.3) is 0 Å². The van der Waals surface area contributed by atoms with E-state index in [4.69, 9.17) is 0 Å². The summed E-state index contributed by atoms with van der Waals surface area (Å²) in [6.07, 6.45) is 0.